The van der Waals surface area contributed by atoms with E-state index in [2.05, 4.69) is 10.3 Å². The molecule has 2 nitrogen and oxygen atoms in total. The second-order valence-corrected chi connectivity index (χ2v) is 3.78. The molecule has 88 valence electrons. The fourth-order valence-electron chi connectivity index (χ4n) is 1.50. The minimum Gasteiger partial charge on any atom is -0.386 e. The van der Waals surface area contributed by atoms with Crippen LogP contribution in [0.15, 0.2) is 6.07 Å². The highest BCUT2D eigenvalue weighted by molar-refractivity contribution is 5.48. The van der Waals surface area contributed by atoms with Gasteiger partial charge in [0.2, 0.25) is 0 Å². The van der Waals surface area contributed by atoms with Gasteiger partial charge in [-0.15, -0.1) is 0 Å². The van der Waals surface area contributed by atoms with Crippen LogP contribution in [0.2, 0.25) is 0 Å². The van der Waals surface area contributed by atoms with E-state index in [9.17, 15) is 17.6 Å². The molecule has 0 aromatic carbocycles. The molecule has 16 heavy (non-hydrogen) atoms. The van der Waals surface area contributed by atoms with Gasteiger partial charge in [0.25, 0.3) is 0 Å². The third-order valence-electron chi connectivity index (χ3n) is 2.51. The lowest BCUT2D eigenvalue weighted by Gasteiger charge is -2.12. The van der Waals surface area contributed by atoms with Crippen molar-refractivity contribution in [3.63, 3.8) is 0 Å². The van der Waals surface area contributed by atoms with E-state index in [-0.39, 0.29) is 17.3 Å². The highest BCUT2D eigenvalue weighted by Crippen LogP contribution is 2.43. The molecule has 2 rings (SSSR count). The van der Waals surface area contributed by atoms with Crippen molar-refractivity contribution in [3.05, 3.63) is 23.3 Å². The number of nitrogens with one attached hydrogen (secondary N) is 1. The first-order valence-corrected chi connectivity index (χ1v) is 4.89. The molecule has 1 aromatic rings. The molecule has 0 radical (unpaired) electrons. The van der Waals surface area contributed by atoms with Gasteiger partial charge in [-0.05, 0) is 18.9 Å². The van der Waals surface area contributed by atoms with Crippen molar-refractivity contribution in [1.82, 2.24) is 4.98 Å². The second kappa shape index (κ2) is 3.61. The molecule has 6 heteroatoms. The van der Waals surface area contributed by atoms with Gasteiger partial charge in [0, 0.05) is 13.0 Å². The number of rotatable bonds is 2. The Morgan fingerprint density at radius 2 is 2.00 bits per heavy atom. The van der Waals surface area contributed by atoms with Gasteiger partial charge in [-0.3, -0.25) is 0 Å². The number of pyridine rings is 1. The molecule has 1 aliphatic carbocycles. The Morgan fingerprint density at radius 1 is 1.38 bits per heavy atom. The number of hydrogen-bond acceptors (Lipinski definition) is 2. The van der Waals surface area contributed by atoms with Crippen molar-refractivity contribution in [2.75, 3.05) is 12.4 Å². The van der Waals surface area contributed by atoms with Crippen LogP contribution >= 0.6 is 0 Å². The lowest BCUT2D eigenvalue weighted by atomic mass is 10.2. The summed E-state index contributed by atoms with van der Waals surface area (Å²) in [7, 11) is 1.38. The lowest BCUT2D eigenvalue weighted by molar-refractivity contribution is -0.141. The van der Waals surface area contributed by atoms with Crippen LogP contribution in [0, 0.1) is 5.82 Å². The summed E-state index contributed by atoms with van der Waals surface area (Å²) in [5.74, 6) is -0.826. The van der Waals surface area contributed by atoms with Crippen LogP contribution in [-0.2, 0) is 6.18 Å². The summed E-state index contributed by atoms with van der Waals surface area (Å²) >= 11 is 0. The Balaban J connectivity index is 2.52. The largest absolute Gasteiger partial charge is 0.433 e. The lowest BCUT2D eigenvalue weighted by Crippen LogP contribution is -2.12. The van der Waals surface area contributed by atoms with E-state index in [1.165, 1.54) is 7.05 Å². The van der Waals surface area contributed by atoms with Gasteiger partial charge in [-0.25, -0.2) is 9.37 Å². The van der Waals surface area contributed by atoms with E-state index in [4.69, 9.17) is 0 Å². The van der Waals surface area contributed by atoms with Gasteiger partial charge in [0.05, 0.1) is 11.4 Å². The molecule has 1 fully saturated rings. The summed E-state index contributed by atoms with van der Waals surface area (Å²) in [6, 6.07) is 0.696. The first-order chi connectivity index (χ1) is 7.43. The molecule has 0 saturated heterocycles. The molecule has 0 unspecified atom stereocenters. The van der Waals surface area contributed by atoms with Crippen LogP contribution in [0.4, 0.5) is 23.2 Å². The molecule has 1 N–H and O–H groups in total. The predicted molar refractivity (Wildman–Crippen MR) is 50.7 cm³/mol. The summed E-state index contributed by atoms with van der Waals surface area (Å²) in [6.07, 6.45) is -3.13. The van der Waals surface area contributed by atoms with Crippen molar-refractivity contribution < 1.29 is 17.6 Å². The normalized spacial score (nSPS) is 16.3. The maximum absolute atomic E-state index is 13.6. The van der Waals surface area contributed by atoms with Gasteiger partial charge in [0.1, 0.15) is 5.69 Å². The third-order valence-corrected chi connectivity index (χ3v) is 2.51. The molecule has 1 aliphatic rings. The fourth-order valence-corrected chi connectivity index (χ4v) is 1.50. The molecule has 1 heterocycles. The first-order valence-electron chi connectivity index (χ1n) is 4.89. The minimum atomic E-state index is -4.54. The summed E-state index contributed by atoms with van der Waals surface area (Å²) in [6.45, 7) is 0. The molecule has 0 amide bonds. The number of anilines is 1. The average Bonchev–Trinajstić information content (AvgIpc) is 3.00. The SMILES string of the molecule is CNc1cc(C(F)(F)F)nc(C2CC2)c1F. The van der Waals surface area contributed by atoms with Crippen LogP contribution in [0.1, 0.15) is 30.1 Å². The highest BCUT2D eigenvalue weighted by atomic mass is 19.4. The summed E-state index contributed by atoms with van der Waals surface area (Å²) in [5, 5.41) is 2.42. The van der Waals surface area contributed by atoms with E-state index in [0.717, 1.165) is 0 Å². The van der Waals surface area contributed by atoms with Gasteiger partial charge in [0.15, 0.2) is 5.82 Å². The third kappa shape index (κ3) is 1.96. The Morgan fingerprint density at radius 3 is 2.44 bits per heavy atom. The number of halogens is 4. The standard InChI is InChI=1S/C10H10F4N2/c1-15-6-4-7(10(12,13)14)16-9(8(6)11)5-2-3-5/h4-5H,2-3H2,1H3,(H,15,16). The van der Waals surface area contributed by atoms with Gasteiger partial charge >= 0.3 is 6.18 Å². The minimum absolute atomic E-state index is 0.0702. The quantitative estimate of drug-likeness (QED) is 0.795. The molecular weight excluding hydrogens is 224 g/mol. The Labute approximate surface area is 89.7 Å². The average molecular weight is 234 g/mol. The van der Waals surface area contributed by atoms with Crippen LogP contribution < -0.4 is 5.32 Å². The molecule has 1 aromatic heterocycles. The van der Waals surface area contributed by atoms with Crippen molar-refractivity contribution in [2.24, 2.45) is 0 Å². The molecule has 0 atom stereocenters. The Kier molecular flexibility index (Phi) is 2.52. The molecule has 1 saturated carbocycles. The zero-order valence-corrected chi connectivity index (χ0v) is 8.53. The predicted octanol–water partition coefficient (Wildman–Crippen LogP) is 3.16. The molecule has 0 bridgehead atoms. The second-order valence-electron chi connectivity index (χ2n) is 3.78. The van der Waals surface area contributed by atoms with Crippen molar-refractivity contribution in [2.45, 2.75) is 24.9 Å². The monoisotopic (exact) mass is 234 g/mol. The Hall–Kier alpha value is -1.33. The maximum Gasteiger partial charge on any atom is 0.433 e. The van der Waals surface area contributed by atoms with Gasteiger partial charge in [-0.2, -0.15) is 13.2 Å². The number of nitrogens with zero attached hydrogens (tertiary/aromatic N) is 1. The zero-order chi connectivity index (χ0) is 11.9. The van der Waals surface area contributed by atoms with E-state index in [1.807, 2.05) is 0 Å². The van der Waals surface area contributed by atoms with E-state index >= 15 is 0 Å². The van der Waals surface area contributed by atoms with Crippen molar-refractivity contribution in [3.8, 4) is 0 Å². The Bertz CT molecular complexity index is 410. The first kappa shape index (κ1) is 11.2. The number of aromatic nitrogens is 1. The number of alkyl halides is 3. The van der Waals surface area contributed by atoms with Gasteiger partial charge in [-0.1, -0.05) is 0 Å². The topological polar surface area (TPSA) is 24.9 Å². The van der Waals surface area contributed by atoms with Crippen LogP contribution in [0.5, 0.6) is 0 Å². The molecular formula is C10H10F4N2. The fraction of sp³-hybridized carbons (Fsp3) is 0.500. The summed E-state index contributed by atoms with van der Waals surface area (Å²) in [4.78, 5) is 3.37. The summed E-state index contributed by atoms with van der Waals surface area (Å²) in [5.41, 5.74) is -1.26. The van der Waals surface area contributed by atoms with Crippen LogP contribution in [-0.4, -0.2) is 12.0 Å². The van der Waals surface area contributed by atoms with Crippen molar-refractivity contribution in [1.29, 1.82) is 0 Å². The smallest absolute Gasteiger partial charge is 0.386 e. The van der Waals surface area contributed by atoms with Crippen molar-refractivity contribution >= 4 is 5.69 Å². The van der Waals surface area contributed by atoms with Gasteiger partial charge < -0.3 is 5.32 Å². The summed E-state index contributed by atoms with van der Waals surface area (Å²) < 4.78 is 51.1. The maximum atomic E-state index is 13.6. The van der Waals surface area contributed by atoms with E-state index in [0.29, 0.717) is 18.9 Å². The highest BCUT2D eigenvalue weighted by Gasteiger charge is 2.37. The molecule has 0 aliphatic heterocycles. The van der Waals surface area contributed by atoms with Crippen LogP contribution in [0.3, 0.4) is 0 Å². The molecule has 0 spiro atoms. The van der Waals surface area contributed by atoms with Crippen LogP contribution in [0.25, 0.3) is 0 Å². The number of hydrogen-bond donors (Lipinski definition) is 1. The zero-order valence-electron chi connectivity index (χ0n) is 8.53. The van der Waals surface area contributed by atoms with E-state index < -0.39 is 17.7 Å². The van der Waals surface area contributed by atoms with E-state index in [1.54, 1.807) is 0 Å².